The highest BCUT2D eigenvalue weighted by molar-refractivity contribution is 6.44. The van der Waals surface area contributed by atoms with E-state index in [4.69, 9.17) is 34.8 Å². The van der Waals surface area contributed by atoms with Crippen molar-refractivity contribution >= 4 is 46.2 Å². The Morgan fingerprint density at radius 2 is 1.75 bits per heavy atom. The van der Waals surface area contributed by atoms with Crippen molar-refractivity contribution in [3.8, 4) is 0 Å². The van der Waals surface area contributed by atoms with Gasteiger partial charge in [0.05, 0.1) is 25.7 Å². The first-order valence-electron chi connectivity index (χ1n) is 5.59. The summed E-state index contributed by atoms with van der Waals surface area (Å²) in [7, 11) is 0. The van der Waals surface area contributed by atoms with Crippen LogP contribution in [0.3, 0.4) is 0 Å². The molecule has 7 heteroatoms. The molecule has 0 aliphatic carbocycles. The number of nitrogens with zero attached hydrogens (tertiary/aromatic N) is 1. The molecule has 0 bridgehead atoms. The summed E-state index contributed by atoms with van der Waals surface area (Å²) in [4.78, 5) is 10.3. The van der Waals surface area contributed by atoms with Crippen LogP contribution < -0.4 is 5.32 Å². The van der Waals surface area contributed by atoms with Gasteiger partial charge >= 0.3 is 0 Å². The highest BCUT2D eigenvalue weighted by Gasteiger charge is 2.08. The minimum atomic E-state index is -0.435. The van der Waals surface area contributed by atoms with Gasteiger partial charge in [0.25, 0.3) is 5.69 Å². The van der Waals surface area contributed by atoms with Gasteiger partial charge in [0.1, 0.15) is 0 Å². The van der Waals surface area contributed by atoms with Gasteiger partial charge in [0.2, 0.25) is 0 Å². The third-order valence-electron chi connectivity index (χ3n) is 2.61. The molecule has 0 unspecified atom stereocenters. The van der Waals surface area contributed by atoms with Crippen LogP contribution in [0, 0.1) is 10.1 Å². The van der Waals surface area contributed by atoms with Gasteiger partial charge in [-0.05, 0) is 17.7 Å². The van der Waals surface area contributed by atoms with Gasteiger partial charge in [-0.1, -0.05) is 46.9 Å². The van der Waals surface area contributed by atoms with E-state index in [2.05, 4.69) is 5.32 Å². The first-order valence-corrected chi connectivity index (χ1v) is 6.72. The molecule has 0 heterocycles. The summed E-state index contributed by atoms with van der Waals surface area (Å²) in [5.74, 6) is 0. The second-order valence-electron chi connectivity index (χ2n) is 4.03. The van der Waals surface area contributed by atoms with Crippen LogP contribution in [0.5, 0.6) is 0 Å². The van der Waals surface area contributed by atoms with Crippen LogP contribution in [-0.2, 0) is 6.54 Å². The molecule has 1 N–H and O–H groups in total. The smallest absolute Gasteiger partial charge is 0.269 e. The lowest BCUT2D eigenvalue weighted by atomic mass is 10.2. The Bertz CT molecular complexity index is 662. The summed E-state index contributed by atoms with van der Waals surface area (Å²) in [5.41, 5.74) is 1.43. The van der Waals surface area contributed by atoms with E-state index >= 15 is 0 Å². The fourth-order valence-corrected chi connectivity index (χ4v) is 2.25. The van der Waals surface area contributed by atoms with Crippen LogP contribution in [0.2, 0.25) is 15.1 Å². The lowest BCUT2D eigenvalue weighted by molar-refractivity contribution is -0.384. The second-order valence-corrected chi connectivity index (χ2v) is 5.25. The summed E-state index contributed by atoms with van der Waals surface area (Å²) >= 11 is 17.8. The standard InChI is InChI=1S/C13H9Cl3N2O2/c14-10-5-12(16)13(6-11(10)15)17-7-8-2-1-3-9(4-8)18(19)20/h1-6,17H,7H2. The van der Waals surface area contributed by atoms with E-state index < -0.39 is 4.92 Å². The van der Waals surface area contributed by atoms with Crippen molar-refractivity contribution in [3.05, 3.63) is 67.1 Å². The van der Waals surface area contributed by atoms with Gasteiger partial charge < -0.3 is 5.32 Å². The second kappa shape index (κ2) is 6.31. The maximum Gasteiger partial charge on any atom is 0.269 e. The van der Waals surface area contributed by atoms with Crippen molar-refractivity contribution in [2.75, 3.05) is 5.32 Å². The van der Waals surface area contributed by atoms with Gasteiger partial charge in [-0.15, -0.1) is 0 Å². The Kier molecular flexibility index (Phi) is 4.70. The van der Waals surface area contributed by atoms with Crippen LogP contribution in [0.25, 0.3) is 0 Å². The zero-order valence-corrected chi connectivity index (χ0v) is 12.3. The molecule has 0 saturated heterocycles. The molecule has 2 rings (SSSR count). The molecule has 0 atom stereocenters. The van der Waals surface area contributed by atoms with E-state index in [1.165, 1.54) is 12.1 Å². The van der Waals surface area contributed by atoms with Gasteiger partial charge in [0.15, 0.2) is 0 Å². The molecule has 0 radical (unpaired) electrons. The molecular formula is C13H9Cl3N2O2. The van der Waals surface area contributed by atoms with Crippen LogP contribution in [0.15, 0.2) is 36.4 Å². The van der Waals surface area contributed by atoms with E-state index in [-0.39, 0.29) is 5.69 Å². The topological polar surface area (TPSA) is 55.2 Å². The highest BCUT2D eigenvalue weighted by atomic mass is 35.5. The average molecular weight is 332 g/mol. The van der Waals surface area contributed by atoms with Gasteiger partial charge in [-0.2, -0.15) is 0 Å². The van der Waals surface area contributed by atoms with Gasteiger partial charge in [-0.3, -0.25) is 10.1 Å². The lowest BCUT2D eigenvalue weighted by Gasteiger charge is -2.09. The number of hydrogen-bond donors (Lipinski definition) is 1. The third-order valence-corrected chi connectivity index (χ3v) is 3.65. The Hall–Kier alpha value is -1.49. The number of nitro benzene ring substituents is 1. The number of anilines is 1. The quantitative estimate of drug-likeness (QED) is 0.478. The summed E-state index contributed by atoms with van der Waals surface area (Å²) in [5, 5.41) is 15.0. The molecule has 4 nitrogen and oxygen atoms in total. The Balaban J connectivity index is 2.15. The normalized spacial score (nSPS) is 10.3. The predicted molar refractivity (Wildman–Crippen MR) is 81.9 cm³/mol. The Labute approximate surface area is 130 Å². The Morgan fingerprint density at radius 3 is 2.45 bits per heavy atom. The Morgan fingerprint density at radius 1 is 1.05 bits per heavy atom. The average Bonchev–Trinajstić information content (AvgIpc) is 2.41. The van der Waals surface area contributed by atoms with Gasteiger partial charge in [-0.25, -0.2) is 0 Å². The van der Waals surface area contributed by atoms with Crippen molar-refractivity contribution in [2.24, 2.45) is 0 Å². The first kappa shape index (κ1) is 14.9. The molecule has 0 aliphatic rings. The van der Waals surface area contributed by atoms with Crippen molar-refractivity contribution in [2.45, 2.75) is 6.54 Å². The minimum absolute atomic E-state index is 0.0459. The lowest BCUT2D eigenvalue weighted by Crippen LogP contribution is -2.00. The molecule has 0 spiro atoms. The predicted octanol–water partition coefficient (Wildman–Crippen LogP) is 5.17. The van der Waals surface area contributed by atoms with Crippen molar-refractivity contribution in [1.82, 2.24) is 0 Å². The minimum Gasteiger partial charge on any atom is -0.380 e. The van der Waals surface area contributed by atoms with E-state index in [9.17, 15) is 10.1 Å². The summed E-state index contributed by atoms with van der Waals surface area (Å²) < 4.78 is 0. The fraction of sp³-hybridized carbons (Fsp3) is 0.0769. The number of nitrogens with one attached hydrogen (secondary N) is 1. The summed E-state index contributed by atoms with van der Waals surface area (Å²) in [6.45, 7) is 0.388. The van der Waals surface area contributed by atoms with E-state index in [0.717, 1.165) is 5.56 Å². The number of benzene rings is 2. The van der Waals surface area contributed by atoms with Crippen molar-refractivity contribution < 1.29 is 4.92 Å². The zero-order valence-electron chi connectivity index (χ0n) is 10.1. The highest BCUT2D eigenvalue weighted by Crippen LogP contribution is 2.32. The van der Waals surface area contributed by atoms with Crippen LogP contribution >= 0.6 is 34.8 Å². The molecule has 0 fully saturated rings. The first-order chi connectivity index (χ1) is 9.47. The monoisotopic (exact) mass is 330 g/mol. The number of rotatable bonds is 4. The molecule has 0 aliphatic heterocycles. The molecule has 2 aromatic carbocycles. The van der Waals surface area contributed by atoms with Crippen LogP contribution in [0.1, 0.15) is 5.56 Å². The molecule has 0 aromatic heterocycles. The summed E-state index contributed by atoms with van der Waals surface area (Å²) in [6.07, 6.45) is 0. The molecular weight excluding hydrogens is 323 g/mol. The SMILES string of the molecule is O=[N+]([O-])c1cccc(CNc2cc(Cl)c(Cl)cc2Cl)c1. The van der Waals surface area contributed by atoms with E-state index in [0.29, 0.717) is 27.3 Å². The van der Waals surface area contributed by atoms with Crippen LogP contribution in [0.4, 0.5) is 11.4 Å². The zero-order chi connectivity index (χ0) is 14.7. The van der Waals surface area contributed by atoms with Gasteiger partial charge in [0, 0.05) is 18.7 Å². The third kappa shape index (κ3) is 3.54. The molecule has 0 saturated carbocycles. The number of hydrogen-bond acceptors (Lipinski definition) is 3. The number of nitro groups is 1. The molecule has 104 valence electrons. The molecule has 20 heavy (non-hydrogen) atoms. The maximum absolute atomic E-state index is 10.7. The van der Waals surface area contributed by atoms with Crippen LogP contribution in [-0.4, -0.2) is 4.92 Å². The number of non-ortho nitro benzene ring substituents is 1. The summed E-state index contributed by atoms with van der Waals surface area (Å²) in [6, 6.07) is 9.51. The van der Waals surface area contributed by atoms with E-state index in [1.807, 2.05) is 0 Å². The van der Waals surface area contributed by atoms with E-state index in [1.54, 1.807) is 24.3 Å². The molecule has 2 aromatic rings. The van der Waals surface area contributed by atoms with Crippen molar-refractivity contribution in [3.63, 3.8) is 0 Å². The number of halogens is 3. The fourth-order valence-electron chi connectivity index (χ4n) is 1.64. The maximum atomic E-state index is 10.7. The van der Waals surface area contributed by atoms with Crippen molar-refractivity contribution in [1.29, 1.82) is 0 Å². The molecule has 0 amide bonds. The largest absolute Gasteiger partial charge is 0.380 e.